The van der Waals surface area contributed by atoms with Crippen molar-refractivity contribution in [3.63, 3.8) is 0 Å². The molecule has 2 amide bonds. The molecule has 2 aromatic rings. The summed E-state index contributed by atoms with van der Waals surface area (Å²) < 4.78 is 14.8. The zero-order valence-corrected chi connectivity index (χ0v) is 18.1. The standard InChI is InChI=1S/C21H25ClFN3O3/c1-7-21(4,5)25-20(29)17(27)16-12(3)15(18(22)26(16)6)19(28)24-13-8-9-14(23)11(2)10-13/h8-10H,7H2,1-6H3,(H,24,28)(H,25,29). The molecule has 0 saturated heterocycles. The quantitative estimate of drug-likeness (QED) is 0.542. The summed E-state index contributed by atoms with van der Waals surface area (Å²) in [4.78, 5) is 37.9. The van der Waals surface area contributed by atoms with Crippen molar-refractivity contribution in [2.45, 2.75) is 46.6 Å². The lowest BCUT2D eigenvalue weighted by atomic mass is 10.0. The molecule has 0 radical (unpaired) electrons. The topological polar surface area (TPSA) is 80.2 Å². The van der Waals surface area contributed by atoms with Crippen LogP contribution in [0, 0.1) is 19.7 Å². The number of rotatable bonds is 6. The van der Waals surface area contributed by atoms with E-state index in [-0.39, 0.29) is 22.2 Å². The average molecular weight is 422 g/mol. The number of aryl methyl sites for hydroxylation is 1. The van der Waals surface area contributed by atoms with Crippen molar-refractivity contribution in [3.05, 3.63) is 51.6 Å². The first-order valence-electron chi connectivity index (χ1n) is 9.18. The predicted molar refractivity (Wildman–Crippen MR) is 111 cm³/mol. The lowest BCUT2D eigenvalue weighted by Gasteiger charge is -2.24. The molecular weight excluding hydrogens is 397 g/mol. The van der Waals surface area contributed by atoms with E-state index in [9.17, 15) is 18.8 Å². The largest absolute Gasteiger partial charge is 0.344 e. The van der Waals surface area contributed by atoms with Crippen LogP contribution in [0.5, 0.6) is 0 Å². The number of Topliss-reactive ketones (excluding diaryl/α,β-unsaturated/α-hetero) is 1. The van der Waals surface area contributed by atoms with Crippen LogP contribution in [-0.4, -0.2) is 27.7 Å². The van der Waals surface area contributed by atoms with E-state index in [4.69, 9.17) is 11.6 Å². The molecule has 156 valence electrons. The fourth-order valence-corrected chi connectivity index (χ4v) is 3.17. The molecule has 1 heterocycles. The molecule has 0 spiro atoms. The van der Waals surface area contributed by atoms with Crippen molar-refractivity contribution in [1.29, 1.82) is 0 Å². The van der Waals surface area contributed by atoms with E-state index in [0.29, 0.717) is 23.2 Å². The van der Waals surface area contributed by atoms with E-state index in [0.717, 1.165) is 0 Å². The first-order valence-corrected chi connectivity index (χ1v) is 9.56. The number of aromatic nitrogens is 1. The number of halogens is 2. The number of nitrogens with one attached hydrogen (secondary N) is 2. The van der Waals surface area contributed by atoms with Gasteiger partial charge in [-0.3, -0.25) is 14.4 Å². The third-order valence-corrected chi connectivity index (χ3v) is 5.41. The maximum Gasteiger partial charge on any atom is 0.294 e. The molecule has 29 heavy (non-hydrogen) atoms. The molecule has 0 aliphatic rings. The van der Waals surface area contributed by atoms with Crippen molar-refractivity contribution in [1.82, 2.24) is 9.88 Å². The predicted octanol–water partition coefficient (Wildman–Crippen LogP) is 4.17. The van der Waals surface area contributed by atoms with Gasteiger partial charge in [0, 0.05) is 18.3 Å². The maximum absolute atomic E-state index is 13.4. The highest BCUT2D eigenvalue weighted by molar-refractivity contribution is 6.44. The van der Waals surface area contributed by atoms with E-state index >= 15 is 0 Å². The number of hydrogen-bond donors (Lipinski definition) is 2. The Kier molecular flexibility index (Phi) is 6.53. The van der Waals surface area contributed by atoms with Crippen LogP contribution in [0.1, 0.15) is 59.2 Å². The Morgan fingerprint density at radius 3 is 2.38 bits per heavy atom. The Morgan fingerprint density at radius 1 is 1.21 bits per heavy atom. The van der Waals surface area contributed by atoms with E-state index in [2.05, 4.69) is 10.6 Å². The Labute approximate surface area is 174 Å². The van der Waals surface area contributed by atoms with Gasteiger partial charge >= 0.3 is 0 Å². The summed E-state index contributed by atoms with van der Waals surface area (Å²) in [5, 5.41) is 5.37. The number of ketones is 1. The molecule has 8 heteroatoms. The lowest BCUT2D eigenvalue weighted by Crippen LogP contribution is -2.46. The van der Waals surface area contributed by atoms with Crippen molar-refractivity contribution >= 4 is 34.9 Å². The van der Waals surface area contributed by atoms with Crippen molar-refractivity contribution in [3.8, 4) is 0 Å². The minimum absolute atomic E-state index is 0.0322. The fraction of sp³-hybridized carbons (Fsp3) is 0.381. The first-order chi connectivity index (χ1) is 13.4. The summed E-state index contributed by atoms with van der Waals surface area (Å²) in [7, 11) is 1.51. The summed E-state index contributed by atoms with van der Waals surface area (Å²) in [6, 6.07) is 4.17. The van der Waals surface area contributed by atoms with Gasteiger partial charge in [-0.05, 0) is 63.4 Å². The molecule has 2 N–H and O–H groups in total. The Balaban J connectivity index is 2.36. The number of anilines is 1. The molecule has 6 nitrogen and oxygen atoms in total. The van der Waals surface area contributed by atoms with Gasteiger partial charge in [0.05, 0.1) is 11.3 Å². The minimum Gasteiger partial charge on any atom is -0.344 e. The van der Waals surface area contributed by atoms with Crippen LogP contribution in [0.4, 0.5) is 10.1 Å². The second-order valence-corrected chi connectivity index (χ2v) is 8.00. The summed E-state index contributed by atoms with van der Waals surface area (Å²) in [6.45, 7) is 8.66. The molecule has 2 rings (SSSR count). The summed E-state index contributed by atoms with van der Waals surface area (Å²) in [6.07, 6.45) is 0.642. The number of hydrogen-bond acceptors (Lipinski definition) is 3. The van der Waals surface area contributed by atoms with Gasteiger partial charge in [0.1, 0.15) is 11.0 Å². The average Bonchev–Trinajstić information content (AvgIpc) is 2.86. The molecule has 0 aliphatic carbocycles. The highest BCUT2D eigenvalue weighted by Crippen LogP contribution is 2.28. The van der Waals surface area contributed by atoms with Crippen LogP contribution in [0.3, 0.4) is 0 Å². The number of carbonyl (C=O) groups excluding carboxylic acids is 3. The normalized spacial score (nSPS) is 11.3. The molecular formula is C21H25ClFN3O3. The van der Waals surface area contributed by atoms with Crippen molar-refractivity contribution in [2.75, 3.05) is 5.32 Å². The molecule has 0 unspecified atom stereocenters. The van der Waals surface area contributed by atoms with Crippen molar-refractivity contribution < 1.29 is 18.8 Å². The Bertz CT molecular complexity index is 996. The minimum atomic E-state index is -0.773. The molecule has 0 atom stereocenters. The molecule has 0 fully saturated rings. The maximum atomic E-state index is 13.4. The highest BCUT2D eigenvalue weighted by atomic mass is 35.5. The number of amides is 2. The molecule has 1 aromatic heterocycles. The monoisotopic (exact) mass is 421 g/mol. The third-order valence-electron chi connectivity index (χ3n) is 4.97. The van der Waals surface area contributed by atoms with Crippen LogP contribution >= 0.6 is 11.6 Å². The van der Waals surface area contributed by atoms with E-state index in [1.807, 2.05) is 20.8 Å². The van der Waals surface area contributed by atoms with Crippen LogP contribution < -0.4 is 10.6 Å². The smallest absolute Gasteiger partial charge is 0.294 e. The van der Waals surface area contributed by atoms with Gasteiger partial charge in [-0.15, -0.1) is 0 Å². The van der Waals surface area contributed by atoms with Gasteiger partial charge in [0.15, 0.2) is 0 Å². The van der Waals surface area contributed by atoms with Crippen LogP contribution in [0.25, 0.3) is 0 Å². The first kappa shape index (κ1) is 22.6. The molecule has 0 bridgehead atoms. The zero-order chi connectivity index (χ0) is 22.1. The third kappa shape index (κ3) is 4.67. The van der Waals surface area contributed by atoms with Gasteiger partial charge in [0.25, 0.3) is 17.6 Å². The summed E-state index contributed by atoms with van der Waals surface area (Å²) in [5.41, 5.74) is 0.648. The van der Waals surface area contributed by atoms with E-state index < -0.39 is 23.1 Å². The molecule has 0 aliphatic heterocycles. The van der Waals surface area contributed by atoms with Gasteiger partial charge in [-0.25, -0.2) is 4.39 Å². The summed E-state index contributed by atoms with van der Waals surface area (Å²) in [5.74, 6) is -2.48. The van der Waals surface area contributed by atoms with Crippen LogP contribution in [-0.2, 0) is 11.8 Å². The lowest BCUT2D eigenvalue weighted by molar-refractivity contribution is -0.118. The second-order valence-electron chi connectivity index (χ2n) is 7.64. The second kappa shape index (κ2) is 8.37. The van der Waals surface area contributed by atoms with E-state index in [1.54, 1.807) is 13.8 Å². The van der Waals surface area contributed by atoms with Gasteiger partial charge in [-0.2, -0.15) is 0 Å². The van der Waals surface area contributed by atoms with E-state index in [1.165, 1.54) is 29.8 Å². The number of carbonyl (C=O) groups is 3. The number of benzene rings is 1. The van der Waals surface area contributed by atoms with Crippen molar-refractivity contribution in [2.24, 2.45) is 7.05 Å². The summed E-state index contributed by atoms with van der Waals surface area (Å²) >= 11 is 6.30. The van der Waals surface area contributed by atoms with Gasteiger partial charge in [-0.1, -0.05) is 18.5 Å². The van der Waals surface area contributed by atoms with Gasteiger partial charge < -0.3 is 15.2 Å². The molecule has 0 saturated carbocycles. The van der Waals surface area contributed by atoms with Crippen LogP contribution in [0.15, 0.2) is 18.2 Å². The zero-order valence-electron chi connectivity index (χ0n) is 17.4. The SMILES string of the molecule is CCC(C)(C)NC(=O)C(=O)c1c(C)c(C(=O)Nc2ccc(F)c(C)c2)c(Cl)n1C. The molecule has 1 aromatic carbocycles. The number of nitrogens with zero attached hydrogens (tertiary/aromatic N) is 1. The van der Waals surface area contributed by atoms with Gasteiger partial charge in [0.2, 0.25) is 0 Å². The Morgan fingerprint density at radius 2 is 1.83 bits per heavy atom. The van der Waals surface area contributed by atoms with Crippen LogP contribution in [0.2, 0.25) is 5.15 Å². The fourth-order valence-electron chi connectivity index (χ4n) is 2.85. The highest BCUT2D eigenvalue weighted by Gasteiger charge is 2.31. The Hall–Kier alpha value is -2.67.